The van der Waals surface area contributed by atoms with Gasteiger partial charge in [-0.15, -0.1) is 0 Å². The lowest BCUT2D eigenvalue weighted by Gasteiger charge is -1.99. The Balaban J connectivity index is 0.000000673. The van der Waals surface area contributed by atoms with Crippen molar-refractivity contribution in [2.75, 3.05) is 18.5 Å². The van der Waals surface area contributed by atoms with Gasteiger partial charge in [0.1, 0.15) is 0 Å². The van der Waals surface area contributed by atoms with Crippen LogP contribution >= 0.6 is 15.9 Å². The standard InChI is InChI=1S/C6H9BrN4O2.C2H6O/c7-1-2-8-5-6-9-3-4-10(6)11(12)13;1-2-3/h3-4,8H,1-2,5H2;3H,2H2,1H3. The Kier molecular flexibility index (Phi) is 8.68. The lowest BCUT2D eigenvalue weighted by molar-refractivity contribution is -0.543. The Morgan fingerprint density at radius 3 is 2.88 bits per heavy atom. The summed E-state index contributed by atoms with van der Waals surface area (Å²) in [6.45, 7) is 3.09. The van der Waals surface area contributed by atoms with Crippen LogP contribution < -0.4 is 5.32 Å². The minimum Gasteiger partial charge on any atom is -0.397 e. The van der Waals surface area contributed by atoms with E-state index in [1.54, 1.807) is 6.92 Å². The molecule has 0 amide bonds. The molecule has 0 bridgehead atoms. The van der Waals surface area contributed by atoms with Gasteiger partial charge in [-0.2, -0.15) is 0 Å². The number of nitrogens with zero attached hydrogens (tertiary/aromatic N) is 3. The Hall–Kier alpha value is -0.990. The van der Waals surface area contributed by atoms with Crippen molar-refractivity contribution in [2.45, 2.75) is 13.5 Å². The van der Waals surface area contributed by atoms with Crippen molar-refractivity contribution in [3.8, 4) is 0 Å². The number of hydrogen-bond acceptors (Lipinski definition) is 5. The molecule has 7 nitrogen and oxygen atoms in total. The van der Waals surface area contributed by atoms with E-state index < -0.39 is 5.03 Å². The number of imidazole rings is 1. The van der Waals surface area contributed by atoms with Crippen LogP contribution in [0.4, 0.5) is 0 Å². The molecule has 0 aliphatic heterocycles. The van der Waals surface area contributed by atoms with Crippen molar-refractivity contribution in [1.82, 2.24) is 15.0 Å². The molecule has 0 aromatic carbocycles. The molecule has 2 N–H and O–H groups in total. The summed E-state index contributed by atoms with van der Waals surface area (Å²) in [7, 11) is 0. The molecule has 92 valence electrons. The van der Waals surface area contributed by atoms with Gasteiger partial charge in [-0.05, 0) is 6.92 Å². The van der Waals surface area contributed by atoms with Gasteiger partial charge in [-0.3, -0.25) is 0 Å². The van der Waals surface area contributed by atoms with Crippen molar-refractivity contribution in [1.29, 1.82) is 0 Å². The smallest absolute Gasteiger partial charge is 0.189 e. The zero-order chi connectivity index (χ0) is 12.4. The maximum Gasteiger partial charge on any atom is 0.189 e. The Morgan fingerprint density at radius 1 is 1.75 bits per heavy atom. The summed E-state index contributed by atoms with van der Waals surface area (Å²) in [6, 6.07) is 0. The molecule has 1 aromatic rings. The third kappa shape index (κ3) is 5.79. The molecule has 0 radical (unpaired) electrons. The molecular weight excluding hydrogens is 280 g/mol. The minimum absolute atomic E-state index is 0.250. The van der Waals surface area contributed by atoms with Crippen molar-refractivity contribution in [3.63, 3.8) is 0 Å². The van der Waals surface area contributed by atoms with Gasteiger partial charge in [-0.1, -0.05) is 20.6 Å². The fourth-order valence-electron chi connectivity index (χ4n) is 0.870. The molecule has 16 heavy (non-hydrogen) atoms. The maximum atomic E-state index is 10.4. The molecule has 0 atom stereocenters. The van der Waals surface area contributed by atoms with Crippen LogP contribution in [0.15, 0.2) is 12.4 Å². The van der Waals surface area contributed by atoms with E-state index in [9.17, 15) is 10.1 Å². The summed E-state index contributed by atoms with van der Waals surface area (Å²) < 4.78 is 0.904. The molecule has 1 heterocycles. The van der Waals surface area contributed by atoms with Gasteiger partial charge in [0.25, 0.3) is 0 Å². The predicted octanol–water partition coefficient (Wildman–Crippen LogP) is 0.406. The van der Waals surface area contributed by atoms with E-state index in [-0.39, 0.29) is 6.61 Å². The zero-order valence-electron chi connectivity index (χ0n) is 8.97. The Labute approximate surface area is 102 Å². The number of halogens is 1. The Bertz CT molecular complexity index is 305. The molecule has 8 heteroatoms. The van der Waals surface area contributed by atoms with E-state index >= 15 is 0 Å². The number of alkyl halides is 1. The van der Waals surface area contributed by atoms with Crippen molar-refractivity contribution < 1.29 is 10.1 Å². The van der Waals surface area contributed by atoms with E-state index in [4.69, 9.17) is 5.11 Å². The molecule has 0 unspecified atom stereocenters. The van der Waals surface area contributed by atoms with Crippen molar-refractivity contribution >= 4 is 15.9 Å². The topological polar surface area (TPSA) is 93.2 Å². The fraction of sp³-hybridized carbons (Fsp3) is 0.625. The number of aliphatic hydroxyl groups is 1. The number of nitrogens with one attached hydrogen (secondary N) is 1. The van der Waals surface area contributed by atoms with Gasteiger partial charge < -0.3 is 10.4 Å². The van der Waals surface area contributed by atoms with Gasteiger partial charge in [0.15, 0.2) is 10.9 Å². The van der Waals surface area contributed by atoms with E-state index in [0.29, 0.717) is 12.4 Å². The number of hydrogen-bond donors (Lipinski definition) is 2. The summed E-state index contributed by atoms with van der Waals surface area (Å²) in [6.07, 6.45) is 2.74. The monoisotopic (exact) mass is 294 g/mol. The highest BCUT2D eigenvalue weighted by Gasteiger charge is 2.09. The zero-order valence-corrected chi connectivity index (χ0v) is 10.6. The van der Waals surface area contributed by atoms with Crippen LogP contribution in [0.1, 0.15) is 12.7 Å². The predicted molar refractivity (Wildman–Crippen MR) is 62.9 cm³/mol. The molecule has 0 aliphatic rings. The highest BCUT2D eigenvalue weighted by Crippen LogP contribution is 1.95. The van der Waals surface area contributed by atoms with Gasteiger partial charge >= 0.3 is 0 Å². The van der Waals surface area contributed by atoms with Crippen LogP contribution in [0.25, 0.3) is 0 Å². The summed E-state index contributed by atoms with van der Waals surface area (Å²) >= 11 is 3.24. The van der Waals surface area contributed by atoms with Crippen LogP contribution in [-0.4, -0.2) is 38.3 Å². The molecule has 0 saturated heterocycles. The average Bonchev–Trinajstić information content (AvgIpc) is 2.68. The first-order valence-electron chi connectivity index (χ1n) is 4.71. The lowest BCUT2D eigenvalue weighted by Crippen LogP contribution is -2.21. The highest BCUT2D eigenvalue weighted by molar-refractivity contribution is 9.09. The van der Waals surface area contributed by atoms with E-state index in [1.807, 2.05) is 0 Å². The first-order chi connectivity index (χ1) is 7.67. The number of rotatable bonds is 5. The molecule has 0 aliphatic carbocycles. The van der Waals surface area contributed by atoms with E-state index in [0.717, 1.165) is 16.6 Å². The fourth-order valence-corrected chi connectivity index (χ4v) is 1.15. The molecule has 0 fully saturated rings. The number of aromatic nitrogens is 2. The largest absolute Gasteiger partial charge is 0.397 e. The van der Waals surface area contributed by atoms with Gasteiger partial charge in [-0.25, -0.2) is 15.1 Å². The number of nitro groups is 1. The average molecular weight is 295 g/mol. The molecule has 0 saturated carbocycles. The molecule has 1 rings (SSSR count). The minimum atomic E-state index is -0.502. The highest BCUT2D eigenvalue weighted by atomic mass is 79.9. The molecule has 0 spiro atoms. The van der Waals surface area contributed by atoms with E-state index in [1.165, 1.54) is 12.4 Å². The summed E-state index contributed by atoms with van der Waals surface area (Å²) in [5, 5.41) is 21.3. The van der Waals surface area contributed by atoms with Crippen LogP contribution in [0.5, 0.6) is 0 Å². The molecular formula is C8H15BrN4O3. The van der Waals surface area contributed by atoms with Crippen LogP contribution in [0.2, 0.25) is 0 Å². The van der Waals surface area contributed by atoms with Crippen LogP contribution in [-0.2, 0) is 6.54 Å². The van der Waals surface area contributed by atoms with Gasteiger partial charge in [0.2, 0.25) is 0 Å². The second-order valence-corrected chi connectivity index (χ2v) is 3.40. The van der Waals surface area contributed by atoms with Crippen molar-refractivity contribution in [2.24, 2.45) is 0 Å². The first kappa shape index (κ1) is 15.0. The number of aliphatic hydroxyl groups excluding tert-OH is 1. The summed E-state index contributed by atoms with van der Waals surface area (Å²) in [4.78, 5) is 14.3. The first-order valence-corrected chi connectivity index (χ1v) is 5.83. The normalized spacial score (nSPS) is 9.44. The van der Waals surface area contributed by atoms with Gasteiger partial charge in [0.05, 0.1) is 18.9 Å². The quantitative estimate of drug-likeness (QED) is 0.355. The summed E-state index contributed by atoms with van der Waals surface area (Å²) in [5.41, 5.74) is 0. The lowest BCUT2D eigenvalue weighted by atomic mass is 10.6. The maximum absolute atomic E-state index is 10.4. The van der Waals surface area contributed by atoms with Crippen LogP contribution in [0, 0.1) is 10.1 Å². The molecule has 1 aromatic heterocycles. The summed E-state index contributed by atoms with van der Waals surface area (Å²) in [5.74, 6) is 0.408. The van der Waals surface area contributed by atoms with Gasteiger partial charge in [0, 0.05) is 18.5 Å². The third-order valence-electron chi connectivity index (χ3n) is 1.43. The SMILES string of the molecule is CCO.O=[N+]([O-])n1ccnc1CNCCBr. The third-order valence-corrected chi connectivity index (χ3v) is 1.82. The second kappa shape index (κ2) is 9.25. The Morgan fingerprint density at radius 2 is 2.38 bits per heavy atom. The van der Waals surface area contributed by atoms with Crippen molar-refractivity contribution in [3.05, 3.63) is 28.3 Å². The van der Waals surface area contributed by atoms with Crippen LogP contribution in [0.3, 0.4) is 0 Å². The van der Waals surface area contributed by atoms with E-state index in [2.05, 4.69) is 26.2 Å². The second-order valence-electron chi connectivity index (χ2n) is 2.61.